The second-order valence-electron chi connectivity index (χ2n) is 4.42. The predicted molar refractivity (Wildman–Crippen MR) is 71.7 cm³/mol. The average molecular weight is 452 g/mol. The van der Waals surface area contributed by atoms with Crippen LogP contribution in [-0.2, 0) is 27.5 Å². The minimum absolute atomic E-state index is 0. The average Bonchev–Trinajstić information content (AvgIpc) is 2.83. The summed E-state index contributed by atoms with van der Waals surface area (Å²) in [5, 5.41) is 28.8. The van der Waals surface area contributed by atoms with Crippen molar-refractivity contribution in [1.82, 2.24) is 10.2 Å². The Labute approximate surface area is 129 Å². The third-order valence-corrected chi connectivity index (χ3v) is 3.38. The molecule has 0 saturated carbocycles. The van der Waals surface area contributed by atoms with Crippen molar-refractivity contribution < 1.29 is 35.5 Å². The molecule has 106 valence electrons. The van der Waals surface area contributed by atoms with Crippen LogP contribution in [0.4, 0.5) is 4.39 Å². The van der Waals surface area contributed by atoms with Gasteiger partial charge in [-0.25, -0.2) is 4.39 Å². The van der Waals surface area contributed by atoms with E-state index in [0.717, 1.165) is 5.39 Å². The molecule has 0 bridgehead atoms. The maximum atomic E-state index is 13.9. The van der Waals surface area contributed by atoms with Gasteiger partial charge in [0.05, 0.1) is 0 Å². The molecule has 0 aliphatic carbocycles. The third kappa shape index (κ3) is 2.18. The molecule has 1 heterocycles. The molecule has 0 radical (unpaired) electrons. The maximum absolute atomic E-state index is 13.9. The summed E-state index contributed by atoms with van der Waals surface area (Å²) in [4.78, 5) is 0. The molecular formula is C13H11BFN2O2Pt-. The summed E-state index contributed by atoms with van der Waals surface area (Å²) in [5.41, 5.74) is 1.32. The number of hydrogen-bond acceptors (Lipinski definition) is 3. The molecule has 0 unspecified atom stereocenters. The number of rotatable bonds is 2. The standard InChI is InChI=1S/C13H11BFN2O2.Pt/c1-2-8-10(15)4-3-7-5-11-9(6-16-17-11)13(12(7)8)14(18)19;/h3-6,18-19H,2H2,1H3;/q-1;. The minimum atomic E-state index is -1.69. The van der Waals surface area contributed by atoms with Crippen LogP contribution in [0.1, 0.15) is 12.5 Å². The Hall–Kier alpha value is -1.23. The van der Waals surface area contributed by atoms with Crippen LogP contribution in [0, 0.1) is 5.82 Å². The van der Waals surface area contributed by atoms with E-state index in [1.807, 2.05) is 6.92 Å². The summed E-state index contributed by atoms with van der Waals surface area (Å²) in [5.74, 6) is -0.344. The van der Waals surface area contributed by atoms with Gasteiger partial charge in [0.2, 0.25) is 0 Å². The molecular weight excluding hydrogens is 441 g/mol. The molecule has 0 saturated heterocycles. The van der Waals surface area contributed by atoms with Crippen molar-refractivity contribution in [2.24, 2.45) is 0 Å². The molecule has 0 fully saturated rings. The van der Waals surface area contributed by atoms with Gasteiger partial charge in [0.15, 0.2) is 0 Å². The number of aromatic nitrogens is 2. The SMILES string of the molecule is CCc1c(F)ccc2cc3[n-]ncc3c(B(O)O)c12.[Pt]. The Balaban J connectivity index is 0.00000147. The van der Waals surface area contributed by atoms with Gasteiger partial charge in [-0.1, -0.05) is 19.1 Å². The maximum Gasteiger partial charge on any atom is 0.489 e. The van der Waals surface area contributed by atoms with E-state index in [-0.39, 0.29) is 32.3 Å². The molecule has 0 spiro atoms. The van der Waals surface area contributed by atoms with Crippen LogP contribution in [-0.4, -0.2) is 22.3 Å². The molecule has 0 atom stereocenters. The topological polar surface area (TPSA) is 67.5 Å². The zero-order chi connectivity index (χ0) is 13.6. The summed E-state index contributed by atoms with van der Waals surface area (Å²) in [6.07, 6.45) is 1.93. The first-order valence-corrected chi connectivity index (χ1v) is 6.01. The Kier molecular flexibility index (Phi) is 4.28. The summed E-state index contributed by atoms with van der Waals surface area (Å²) < 4.78 is 13.9. The van der Waals surface area contributed by atoms with Crippen LogP contribution < -0.4 is 10.6 Å². The quantitative estimate of drug-likeness (QED) is 0.563. The number of aryl methyl sites for hydroxylation is 1. The fourth-order valence-electron chi connectivity index (χ4n) is 2.56. The number of nitrogens with zero attached hydrogens (tertiary/aromatic N) is 2. The molecule has 0 aliphatic heterocycles. The van der Waals surface area contributed by atoms with Gasteiger partial charge >= 0.3 is 7.12 Å². The molecule has 0 amide bonds. The first-order valence-electron chi connectivity index (χ1n) is 6.01. The second kappa shape index (κ2) is 5.64. The van der Waals surface area contributed by atoms with Gasteiger partial charge in [0.25, 0.3) is 0 Å². The molecule has 3 aromatic rings. The minimum Gasteiger partial charge on any atom is -0.575 e. The molecule has 2 N–H and O–H groups in total. The Morgan fingerprint density at radius 2 is 2.10 bits per heavy atom. The molecule has 4 nitrogen and oxygen atoms in total. The van der Waals surface area contributed by atoms with Crippen molar-refractivity contribution in [2.75, 3.05) is 0 Å². The number of fused-ring (bicyclic) bond motifs is 2. The van der Waals surface area contributed by atoms with E-state index in [2.05, 4.69) is 10.2 Å². The summed E-state index contributed by atoms with van der Waals surface area (Å²) in [6, 6.07) is 4.78. The van der Waals surface area contributed by atoms with Gasteiger partial charge in [-0.3, -0.25) is 0 Å². The molecule has 7 heteroatoms. The first kappa shape index (κ1) is 15.2. The summed E-state index contributed by atoms with van der Waals surface area (Å²) in [7, 11) is -1.69. The largest absolute Gasteiger partial charge is 0.575 e. The van der Waals surface area contributed by atoms with Crippen LogP contribution in [0.15, 0.2) is 24.4 Å². The number of halogens is 1. The van der Waals surface area contributed by atoms with E-state index in [4.69, 9.17) is 0 Å². The summed E-state index contributed by atoms with van der Waals surface area (Å²) >= 11 is 0. The van der Waals surface area contributed by atoms with Gasteiger partial charge < -0.3 is 20.2 Å². The molecule has 2 aromatic carbocycles. The smallest absolute Gasteiger partial charge is 0.489 e. The Morgan fingerprint density at radius 1 is 1.35 bits per heavy atom. The van der Waals surface area contributed by atoms with E-state index in [1.54, 1.807) is 12.1 Å². The molecule has 3 rings (SSSR count). The van der Waals surface area contributed by atoms with Crippen molar-refractivity contribution in [1.29, 1.82) is 0 Å². The van der Waals surface area contributed by atoms with Crippen molar-refractivity contribution in [3.8, 4) is 0 Å². The van der Waals surface area contributed by atoms with Crippen molar-refractivity contribution in [3.63, 3.8) is 0 Å². The zero-order valence-electron chi connectivity index (χ0n) is 10.6. The van der Waals surface area contributed by atoms with Crippen LogP contribution in [0.25, 0.3) is 21.7 Å². The van der Waals surface area contributed by atoms with E-state index in [1.165, 1.54) is 12.3 Å². The van der Waals surface area contributed by atoms with E-state index in [9.17, 15) is 14.4 Å². The number of benzene rings is 2. The van der Waals surface area contributed by atoms with E-state index in [0.29, 0.717) is 28.3 Å². The third-order valence-electron chi connectivity index (χ3n) is 3.38. The van der Waals surface area contributed by atoms with Gasteiger partial charge in [-0.15, -0.1) is 5.52 Å². The summed E-state index contributed by atoms with van der Waals surface area (Å²) in [6.45, 7) is 1.83. The first-order chi connectivity index (χ1) is 9.13. The second-order valence-corrected chi connectivity index (χ2v) is 4.42. The van der Waals surface area contributed by atoms with Crippen LogP contribution in [0.2, 0.25) is 0 Å². The Bertz CT molecular complexity index is 776. The molecule has 1 aromatic heterocycles. The van der Waals surface area contributed by atoms with Crippen molar-refractivity contribution >= 4 is 34.3 Å². The van der Waals surface area contributed by atoms with Crippen LogP contribution in [0.5, 0.6) is 0 Å². The van der Waals surface area contributed by atoms with Crippen LogP contribution >= 0.6 is 0 Å². The molecule has 0 aliphatic rings. The van der Waals surface area contributed by atoms with Crippen molar-refractivity contribution in [3.05, 3.63) is 35.8 Å². The fourth-order valence-corrected chi connectivity index (χ4v) is 2.56. The predicted octanol–water partition coefficient (Wildman–Crippen LogP) is 0.724. The zero-order valence-corrected chi connectivity index (χ0v) is 12.8. The van der Waals surface area contributed by atoms with E-state index >= 15 is 0 Å². The van der Waals surface area contributed by atoms with Gasteiger partial charge in [-0.05, 0) is 39.7 Å². The van der Waals surface area contributed by atoms with Gasteiger partial charge in [0, 0.05) is 27.3 Å². The van der Waals surface area contributed by atoms with Gasteiger partial charge in [0.1, 0.15) is 5.82 Å². The van der Waals surface area contributed by atoms with Gasteiger partial charge in [-0.2, -0.15) is 0 Å². The fraction of sp³-hybridized carbons (Fsp3) is 0.154. The van der Waals surface area contributed by atoms with Crippen molar-refractivity contribution in [2.45, 2.75) is 13.3 Å². The van der Waals surface area contributed by atoms with E-state index < -0.39 is 7.12 Å². The Morgan fingerprint density at radius 3 is 2.75 bits per heavy atom. The normalized spacial score (nSPS) is 10.8. The monoisotopic (exact) mass is 452 g/mol. The molecule has 20 heavy (non-hydrogen) atoms. The number of hydrogen-bond donors (Lipinski definition) is 2. The van der Waals surface area contributed by atoms with Crippen LogP contribution in [0.3, 0.4) is 0 Å².